The van der Waals surface area contributed by atoms with Gasteiger partial charge in [0.05, 0.1) is 19.3 Å². The SMILES string of the molecule is CCOCCOC(=O)C1=C(C)NC2=C(C(=O)C[C@H](c3cccs3)C2)[C@H]1c1ccc(OC)c(O)c1. The molecular formula is C26H29NO6S. The van der Waals surface area contributed by atoms with E-state index in [4.69, 9.17) is 14.2 Å². The molecule has 0 radical (unpaired) electrons. The van der Waals surface area contributed by atoms with Crippen LogP contribution < -0.4 is 10.1 Å². The second-order valence-corrected chi connectivity index (χ2v) is 9.28. The Labute approximate surface area is 203 Å². The fourth-order valence-corrected chi connectivity index (χ4v) is 5.50. The lowest BCUT2D eigenvalue weighted by Crippen LogP contribution is -2.36. The first-order valence-corrected chi connectivity index (χ1v) is 12.2. The molecule has 0 amide bonds. The van der Waals surface area contributed by atoms with Crippen LogP contribution in [0.3, 0.4) is 0 Å². The number of esters is 1. The molecule has 7 nitrogen and oxygen atoms in total. The Morgan fingerprint density at radius 2 is 2.06 bits per heavy atom. The Morgan fingerprint density at radius 1 is 1.24 bits per heavy atom. The summed E-state index contributed by atoms with van der Waals surface area (Å²) in [5.74, 6) is -0.812. The van der Waals surface area contributed by atoms with E-state index in [2.05, 4.69) is 11.4 Å². The largest absolute Gasteiger partial charge is 0.504 e. The summed E-state index contributed by atoms with van der Waals surface area (Å²) >= 11 is 1.65. The summed E-state index contributed by atoms with van der Waals surface area (Å²) in [6, 6.07) is 9.02. The molecule has 0 fully saturated rings. The zero-order valence-electron chi connectivity index (χ0n) is 19.6. The van der Waals surface area contributed by atoms with E-state index in [0.29, 0.717) is 54.2 Å². The number of benzene rings is 1. The molecular weight excluding hydrogens is 454 g/mol. The highest BCUT2D eigenvalue weighted by molar-refractivity contribution is 7.10. The lowest BCUT2D eigenvalue weighted by Gasteiger charge is -2.36. The number of carbonyl (C=O) groups excluding carboxylic acids is 2. The number of dihydropyridines is 1. The number of carbonyl (C=O) groups is 2. The van der Waals surface area contributed by atoms with Crippen LogP contribution >= 0.6 is 11.3 Å². The first-order chi connectivity index (χ1) is 16.4. The molecule has 180 valence electrons. The van der Waals surface area contributed by atoms with Gasteiger partial charge in [-0.1, -0.05) is 12.1 Å². The van der Waals surface area contributed by atoms with E-state index in [1.807, 2.05) is 25.3 Å². The van der Waals surface area contributed by atoms with Crippen LogP contribution in [0.2, 0.25) is 0 Å². The van der Waals surface area contributed by atoms with Gasteiger partial charge in [-0.2, -0.15) is 0 Å². The maximum Gasteiger partial charge on any atom is 0.336 e. The maximum atomic E-state index is 13.5. The molecule has 2 heterocycles. The Morgan fingerprint density at radius 3 is 2.74 bits per heavy atom. The third-order valence-corrected chi connectivity index (χ3v) is 7.23. The van der Waals surface area contributed by atoms with Crippen LogP contribution in [0, 0.1) is 0 Å². The summed E-state index contributed by atoms with van der Waals surface area (Å²) in [5.41, 5.74) is 3.01. The summed E-state index contributed by atoms with van der Waals surface area (Å²) in [7, 11) is 1.47. The first-order valence-electron chi connectivity index (χ1n) is 11.3. The van der Waals surface area contributed by atoms with Crippen LogP contribution in [0.5, 0.6) is 11.5 Å². The zero-order chi connectivity index (χ0) is 24.2. The van der Waals surface area contributed by atoms with Crippen molar-refractivity contribution in [2.24, 2.45) is 0 Å². The minimum Gasteiger partial charge on any atom is -0.504 e. The molecule has 2 aliphatic rings. The van der Waals surface area contributed by atoms with Gasteiger partial charge in [-0.3, -0.25) is 4.79 Å². The van der Waals surface area contributed by atoms with Gasteiger partial charge < -0.3 is 24.6 Å². The van der Waals surface area contributed by atoms with Gasteiger partial charge in [0.15, 0.2) is 17.3 Å². The molecule has 34 heavy (non-hydrogen) atoms. The Kier molecular flexibility index (Phi) is 7.38. The number of methoxy groups -OCH3 is 1. The van der Waals surface area contributed by atoms with Crippen LogP contribution in [-0.2, 0) is 19.1 Å². The standard InChI is InChI=1S/C26H29NO6S/c1-4-32-9-10-33-26(30)23-15(2)27-18-12-17(22-6-5-11-34-22)14-20(29)25(18)24(23)16-7-8-21(31-3)19(28)13-16/h5-8,11,13,17,24,27-28H,4,9-10,12,14H2,1-3H3/t17-,24+/m1/s1. The lowest BCUT2D eigenvalue weighted by molar-refractivity contribution is -0.140. The average Bonchev–Trinajstić information content (AvgIpc) is 3.36. The van der Waals surface area contributed by atoms with Crippen LogP contribution in [-0.4, -0.2) is 43.8 Å². The predicted molar refractivity (Wildman–Crippen MR) is 129 cm³/mol. The minimum absolute atomic E-state index is 0.0143. The molecule has 0 saturated heterocycles. The van der Waals surface area contributed by atoms with Gasteiger partial charge in [-0.05, 0) is 49.4 Å². The van der Waals surface area contributed by atoms with Crippen molar-refractivity contribution in [3.05, 3.63) is 68.7 Å². The van der Waals surface area contributed by atoms with E-state index in [9.17, 15) is 14.7 Å². The van der Waals surface area contributed by atoms with Crippen molar-refractivity contribution in [2.75, 3.05) is 26.9 Å². The second kappa shape index (κ2) is 10.4. The maximum absolute atomic E-state index is 13.5. The Bertz CT molecular complexity index is 1130. The molecule has 1 aliphatic heterocycles. The second-order valence-electron chi connectivity index (χ2n) is 8.30. The van der Waals surface area contributed by atoms with E-state index in [1.165, 1.54) is 12.0 Å². The van der Waals surface area contributed by atoms with Gasteiger partial charge in [0, 0.05) is 46.7 Å². The molecule has 4 rings (SSSR count). The average molecular weight is 484 g/mol. The summed E-state index contributed by atoms with van der Waals surface area (Å²) in [6.07, 6.45) is 1.04. The molecule has 8 heteroatoms. The molecule has 0 spiro atoms. The number of hydrogen-bond donors (Lipinski definition) is 2. The van der Waals surface area contributed by atoms with Gasteiger partial charge in [0.1, 0.15) is 6.61 Å². The highest BCUT2D eigenvalue weighted by atomic mass is 32.1. The first kappa shape index (κ1) is 24.0. The van der Waals surface area contributed by atoms with Gasteiger partial charge >= 0.3 is 5.97 Å². The number of phenols is 1. The van der Waals surface area contributed by atoms with Crippen LogP contribution in [0.4, 0.5) is 0 Å². The monoisotopic (exact) mass is 483 g/mol. The number of ether oxygens (including phenoxy) is 3. The molecule has 1 aromatic heterocycles. The molecule has 2 N–H and O–H groups in total. The number of thiophene rings is 1. The fraction of sp³-hybridized carbons (Fsp3) is 0.385. The van der Waals surface area contributed by atoms with Crippen molar-refractivity contribution < 1.29 is 28.9 Å². The highest BCUT2D eigenvalue weighted by Crippen LogP contribution is 2.47. The number of allylic oxidation sites excluding steroid dienone is 3. The lowest BCUT2D eigenvalue weighted by atomic mass is 9.72. The smallest absolute Gasteiger partial charge is 0.336 e. The topological polar surface area (TPSA) is 94.1 Å². The summed E-state index contributed by atoms with van der Waals surface area (Å²) in [6.45, 7) is 4.64. The van der Waals surface area contributed by atoms with E-state index in [-0.39, 0.29) is 24.1 Å². The van der Waals surface area contributed by atoms with E-state index < -0.39 is 11.9 Å². The number of hydrogen-bond acceptors (Lipinski definition) is 8. The van der Waals surface area contributed by atoms with E-state index in [0.717, 1.165) is 5.70 Å². The Balaban J connectivity index is 1.74. The molecule has 2 aromatic rings. The van der Waals surface area contributed by atoms with Gasteiger partial charge in [-0.25, -0.2) is 4.79 Å². The number of aromatic hydroxyl groups is 1. The molecule has 1 aromatic carbocycles. The third kappa shape index (κ3) is 4.74. The Hall–Kier alpha value is -3.10. The summed E-state index contributed by atoms with van der Waals surface area (Å²) < 4.78 is 16.0. The van der Waals surface area contributed by atoms with E-state index in [1.54, 1.807) is 29.5 Å². The van der Waals surface area contributed by atoms with Crippen molar-refractivity contribution >= 4 is 23.1 Å². The van der Waals surface area contributed by atoms with Crippen LogP contribution in [0.1, 0.15) is 49.0 Å². The number of nitrogens with one attached hydrogen (secondary N) is 1. The van der Waals surface area contributed by atoms with Crippen molar-refractivity contribution in [1.29, 1.82) is 0 Å². The van der Waals surface area contributed by atoms with Crippen LogP contribution in [0.25, 0.3) is 0 Å². The number of Topliss-reactive ketones (excluding diaryl/α,β-unsaturated/α-hetero) is 1. The van der Waals surface area contributed by atoms with Crippen LogP contribution in [0.15, 0.2) is 58.3 Å². The molecule has 0 bridgehead atoms. The summed E-state index contributed by atoms with van der Waals surface area (Å²) in [4.78, 5) is 27.9. The molecule has 0 saturated carbocycles. The van der Waals surface area contributed by atoms with E-state index >= 15 is 0 Å². The number of ketones is 1. The van der Waals surface area contributed by atoms with Gasteiger partial charge in [0.25, 0.3) is 0 Å². The predicted octanol–water partition coefficient (Wildman–Crippen LogP) is 4.40. The molecule has 2 atom stereocenters. The normalized spacial score (nSPS) is 20.1. The number of phenolic OH excluding ortho intramolecular Hbond substituents is 1. The van der Waals surface area contributed by atoms with Crippen molar-refractivity contribution in [2.45, 2.75) is 38.5 Å². The zero-order valence-corrected chi connectivity index (χ0v) is 20.4. The quantitative estimate of drug-likeness (QED) is 0.424. The van der Waals surface area contributed by atoms with Crippen molar-refractivity contribution in [3.8, 4) is 11.5 Å². The van der Waals surface area contributed by atoms with Gasteiger partial charge in [-0.15, -0.1) is 11.3 Å². The van der Waals surface area contributed by atoms with Crippen molar-refractivity contribution in [3.63, 3.8) is 0 Å². The highest BCUT2D eigenvalue weighted by Gasteiger charge is 2.41. The third-order valence-electron chi connectivity index (χ3n) is 6.19. The molecule has 0 unspecified atom stereocenters. The van der Waals surface area contributed by atoms with Crippen molar-refractivity contribution in [1.82, 2.24) is 5.32 Å². The fourth-order valence-electron chi connectivity index (χ4n) is 4.67. The summed E-state index contributed by atoms with van der Waals surface area (Å²) in [5, 5.41) is 15.8. The minimum atomic E-state index is -0.649. The number of rotatable bonds is 8. The molecule has 1 aliphatic carbocycles. The van der Waals surface area contributed by atoms with Gasteiger partial charge in [0.2, 0.25) is 0 Å².